The maximum atomic E-state index is 12.9. The number of hydrogen-bond donors (Lipinski definition) is 1. The zero-order valence-corrected chi connectivity index (χ0v) is 8.32. The van der Waals surface area contributed by atoms with Crippen LogP contribution in [-0.4, -0.2) is 25.1 Å². The summed E-state index contributed by atoms with van der Waals surface area (Å²) in [5.41, 5.74) is 6.33. The van der Waals surface area contributed by atoms with Crippen LogP contribution in [0.15, 0.2) is 29.3 Å². The van der Waals surface area contributed by atoms with Crippen molar-refractivity contribution in [2.45, 2.75) is 12.5 Å². The maximum Gasteiger partial charge on any atom is 0.188 e. The third-order valence-electron chi connectivity index (χ3n) is 2.29. The number of halogens is 1. The standard InChI is InChI=1S/C11H13FN2O/c12-9-3-1-2-8(4-9)5-11-14-10(6-13)7-15-11/h1-4,10H,5-7,13H2. The summed E-state index contributed by atoms with van der Waals surface area (Å²) in [6.45, 7) is 1.04. The fraction of sp³-hybridized carbons (Fsp3) is 0.364. The minimum absolute atomic E-state index is 0.0635. The van der Waals surface area contributed by atoms with Crippen molar-refractivity contribution in [1.82, 2.24) is 0 Å². The van der Waals surface area contributed by atoms with E-state index in [1.54, 1.807) is 6.07 Å². The normalized spacial score (nSPS) is 19.9. The first-order valence-corrected chi connectivity index (χ1v) is 4.92. The van der Waals surface area contributed by atoms with Gasteiger partial charge >= 0.3 is 0 Å². The lowest BCUT2D eigenvalue weighted by Crippen LogP contribution is -2.18. The molecule has 15 heavy (non-hydrogen) atoms. The third-order valence-corrected chi connectivity index (χ3v) is 2.29. The monoisotopic (exact) mass is 208 g/mol. The fourth-order valence-electron chi connectivity index (χ4n) is 1.51. The van der Waals surface area contributed by atoms with Crippen molar-refractivity contribution in [3.8, 4) is 0 Å². The van der Waals surface area contributed by atoms with Crippen LogP contribution in [-0.2, 0) is 11.2 Å². The molecule has 0 spiro atoms. The second-order valence-electron chi connectivity index (χ2n) is 3.53. The molecule has 1 aromatic rings. The summed E-state index contributed by atoms with van der Waals surface area (Å²) in [6.07, 6.45) is 0.536. The molecular weight excluding hydrogens is 195 g/mol. The number of rotatable bonds is 3. The van der Waals surface area contributed by atoms with Crippen molar-refractivity contribution in [2.24, 2.45) is 10.7 Å². The van der Waals surface area contributed by atoms with E-state index >= 15 is 0 Å². The number of hydrogen-bond acceptors (Lipinski definition) is 3. The summed E-state index contributed by atoms with van der Waals surface area (Å²) in [4.78, 5) is 4.28. The average molecular weight is 208 g/mol. The number of ether oxygens (including phenoxy) is 1. The van der Waals surface area contributed by atoms with Crippen molar-refractivity contribution >= 4 is 5.90 Å². The Morgan fingerprint density at radius 3 is 3.07 bits per heavy atom. The van der Waals surface area contributed by atoms with Crippen LogP contribution in [0.5, 0.6) is 0 Å². The lowest BCUT2D eigenvalue weighted by Gasteiger charge is -2.01. The molecule has 0 saturated carbocycles. The quantitative estimate of drug-likeness (QED) is 0.809. The number of nitrogens with two attached hydrogens (primary N) is 1. The second kappa shape index (κ2) is 4.40. The van der Waals surface area contributed by atoms with Crippen LogP contribution < -0.4 is 5.73 Å². The van der Waals surface area contributed by atoms with E-state index in [4.69, 9.17) is 10.5 Å². The minimum atomic E-state index is -0.235. The van der Waals surface area contributed by atoms with Gasteiger partial charge in [0.15, 0.2) is 5.90 Å². The van der Waals surface area contributed by atoms with Crippen LogP contribution in [0.1, 0.15) is 5.56 Å². The molecule has 2 N–H and O–H groups in total. The van der Waals surface area contributed by atoms with Gasteiger partial charge in [-0.2, -0.15) is 0 Å². The Morgan fingerprint density at radius 2 is 2.40 bits per heavy atom. The van der Waals surface area contributed by atoms with Crippen molar-refractivity contribution in [2.75, 3.05) is 13.2 Å². The Bertz CT molecular complexity index is 379. The molecule has 0 aromatic heterocycles. The SMILES string of the molecule is NCC1COC(Cc2cccc(F)c2)=N1. The lowest BCUT2D eigenvalue weighted by molar-refractivity contribution is 0.313. The van der Waals surface area contributed by atoms with E-state index < -0.39 is 0 Å². The fourth-order valence-corrected chi connectivity index (χ4v) is 1.51. The zero-order chi connectivity index (χ0) is 10.7. The second-order valence-corrected chi connectivity index (χ2v) is 3.53. The van der Waals surface area contributed by atoms with Gasteiger partial charge in [-0.05, 0) is 17.7 Å². The lowest BCUT2D eigenvalue weighted by atomic mass is 10.1. The van der Waals surface area contributed by atoms with E-state index in [0.717, 1.165) is 5.56 Å². The Morgan fingerprint density at radius 1 is 1.53 bits per heavy atom. The molecule has 2 rings (SSSR count). The highest BCUT2D eigenvalue weighted by Gasteiger charge is 2.17. The molecule has 1 aromatic carbocycles. The molecule has 1 aliphatic heterocycles. The van der Waals surface area contributed by atoms with Gasteiger partial charge in [0, 0.05) is 13.0 Å². The van der Waals surface area contributed by atoms with Gasteiger partial charge in [0.2, 0.25) is 0 Å². The maximum absolute atomic E-state index is 12.9. The minimum Gasteiger partial charge on any atom is -0.478 e. The largest absolute Gasteiger partial charge is 0.478 e. The van der Waals surface area contributed by atoms with Crippen molar-refractivity contribution in [3.05, 3.63) is 35.6 Å². The summed E-state index contributed by atoms with van der Waals surface area (Å²) in [6, 6.07) is 6.50. The topological polar surface area (TPSA) is 47.6 Å². The molecule has 0 amide bonds. The molecule has 3 nitrogen and oxygen atoms in total. The summed E-state index contributed by atoms with van der Waals surface area (Å²) < 4.78 is 18.2. The molecule has 0 radical (unpaired) electrons. The van der Waals surface area contributed by atoms with E-state index in [-0.39, 0.29) is 11.9 Å². The Hall–Kier alpha value is -1.42. The van der Waals surface area contributed by atoms with Crippen LogP contribution in [0.4, 0.5) is 4.39 Å². The Kier molecular flexibility index (Phi) is 2.97. The van der Waals surface area contributed by atoms with Gasteiger partial charge in [-0.1, -0.05) is 12.1 Å². The van der Waals surface area contributed by atoms with Gasteiger partial charge in [-0.15, -0.1) is 0 Å². The highest BCUT2D eigenvalue weighted by Crippen LogP contribution is 2.10. The zero-order valence-electron chi connectivity index (χ0n) is 8.32. The van der Waals surface area contributed by atoms with Crippen molar-refractivity contribution < 1.29 is 9.13 Å². The molecule has 1 aliphatic rings. The molecule has 1 unspecified atom stereocenters. The predicted octanol–water partition coefficient (Wildman–Crippen LogP) is 1.12. The van der Waals surface area contributed by atoms with Crippen LogP contribution in [0.3, 0.4) is 0 Å². The molecule has 0 aliphatic carbocycles. The Labute approximate surface area is 87.8 Å². The average Bonchev–Trinajstić information content (AvgIpc) is 2.65. The molecule has 0 fully saturated rings. The van der Waals surface area contributed by atoms with Crippen molar-refractivity contribution in [3.63, 3.8) is 0 Å². The Balaban J connectivity index is 2.03. The van der Waals surface area contributed by atoms with Crippen LogP contribution in [0, 0.1) is 5.82 Å². The molecule has 80 valence electrons. The van der Waals surface area contributed by atoms with Gasteiger partial charge in [-0.3, -0.25) is 0 Å². The van der Waals surface area contributed by atoms with Crippen LogP contribution >= 0.6 is 0 Å². The van der Waals surface area contributed by atoms with Gasteiger partial charge in [0.05, 0.1) is 6.04 Å². The molecular formula is C11H13FN2O. The van der Waals surface area contributed by atoms with E-state index in [2.05, 4.69) is 4.99 Å². The molecule has 4 heteroatoms. The summed E-state index contributed by atoms with van der Waals surface area (Å²) in [7, 11) is 0. The van der Waals surface area contributed by atoms with Gasteiger partial charge in [0.25, 0.3) is 0 Å². The molecule has 1 atom stereocenters. The van der Waals surface area contributed by atoms with Gasteiger partial charge in [0.1, 0.15) is 12.4 Å². The molecule has 1 heterocycles. The van der Waals surface area contributed by atoms with Crippen molar-refractivity contribution in [1.29, 1.82) is 0 Å². The number of benzene rings is 1. The van der Waals surface area contributed by atoms with E-state index in [1.165, 1.54) is 12.1 Å². The first kappa shape index (κ1) is 10.1. The van der Waals surface area contributed by atoms with E-state index in [9.17, 15) is 4.39 Å². The van der Waals surface area contributed by atoms with E-state index in [1.807, 2.05) is 6.07 Å². The number of nitrogens with zero attached hydrogens (tertiary/aromatic N) is 1. The van der Waals surface area contributed by atoms with Gasteiger partial charge in [-0.25, -0.2) is 9.38 Å². The first-order valence-electron chi connectivity index (χ1n) is 4.92. The third kappa shape index (κ3) is 2.53. The highest BCUT2D eigenvalue weighted by atomic mass is 19.1. The van der Waals surface area contributed by atoms with E-state index in [0.29, 0.717) is 25.5 Å². The summed E-state index contributed by atoms with van der Waals surface area (Å²) >= 11 is 0. The van der Waals surface area contributed by atoms with Gasteiger partial charge < -0.3 is 10.5 Å². The summed E-state index contributed by atoms with van der Waals surface area (Å²) in [5.74, 6) is 0.414. The number of aliphatic imine (C=N–C) groups is 1. The predicted molar refractivity (Wildman–Crippen MR) is 56.3 cm³/mol. The van der Waals surface area contributed by atoms with Crippen LogP contribution in [0.25, 0.3) is 0 Å². The first-order chi connectivity index (χ1) is 7.28. The molecule has 0 saturated heterocycles. The summed E-state index contributed by atoms with van der Waals surface area (Å²) in [5, 5.41) is 0. The van der Waals surface area contributed by atoms with Crippen LogP contribution in [0.2, 0.25) is 0 Å². The molecule has 0 bridgehead atoms. The highest BCUT2D eigenvalue weighted by molar-refractivity contribution is 5.80. The smallest absolute Gasteiger partial charge is 0.188 e.